The maximum atomic E-state index is 13.4. The van der Waals surface area contributed by atoms with E-state index in [1.165, 1.54) is 24.3 Å². The quantitative estimate of drug-likeness (QED) is 0.869. The van der Waals surface area contributed by atoms with E-state index < -0.39 is 11.8 Å². The molecule has 0 heterocycles. The summed E-state index contributed by atoms with van der Waals surface area (Å²) in [6, 6.07) is 9.59. The lowest BCUT2D eigenvalue weighted by atomic mass is 10.2. The second kappa shape index (κ2) is 6.47. The Morgan fingerprint density at radius 2 is 1.90 bits per heavy atom. The molecule has 0 spiro atoms. The van der Waals surface area contributed by atoms with Crippen molar-refractivity contribution in [3.05, 3.63) is 64.1 Å². The largest absolute Gasteiger partial charge is 0.334 e. The van der Waals surface area contributed by atoms with Gasteiger partial charge >= 0.3 is 6.03 Å². The van der Waals surface area contributed by atoms with Gasteiger partial charge in [0.15, 0.2) is 0 Å². The maximum Gasteiger partial charge on any atom is 0.319 e. The number of anilines is 1. The highest BCUT2D eigenvalue weighted by atomic mass is 79.9. The van der Waals surface area contributed by atoms with Crippen LogP contribution >= 0.6 is 15.9 Å². The number of nitrogens with one attached hydrogen (secondary N) is 2. The molecule has 2 N–H and O–H groups in total. The topological polar surface area (TPSA) is 41.1 Å². The third-order valence-corrected chi connectivity index (χ3v) is 3.23. The number of rotatable bonds is 3. The lowest BCUT2D eigenvalue weighted by Gasteiger charge is -2.09. The first-order valence-electron chi connectivity index (χ1n) is 5.79. The van der Waals surface area contributed by atoms with E-state index in [1.807, 2.05) is 0 Å². The van der Waals surface area contributed by atoms with Crippen LogP contribution in [0.4, 0.5) is 19.3 Å². The summed E-state index contributed by atoms with van der Waals surface area (Å²) in [5.74, 6) is -0.787. The third-order valence-electron chi connectivity index (χ3n) is 2.58. The van der Waals surface area contributed by atoms with Gasteiger partial charge in [-0.1, -0.05) is 18.2 Å². The molecular weight excluding hydrogens is 330 g/mol. The van der Waals surface area contributed by atoms with Crippen molar-refractivity contribution < 1.29 is 13.6 Å². The summed E-state index contributed by atoms with van der Waals surface area (Å²) in [6.07, 6.45) is 0. The molecule has 0 fully saturated rings. The van der Waals surface area contributed by atoms with Crippen molar-refractivity contribution in [2.24, 2.45) is 0 Å². The molecule has 2 aromatic rings. The van der Waals surface area contributed by atoms with Gasteiger partial charge in [0.1, 0.15) is 11.6 Å². The van der Waals surface area contributed by atoms with Crippen molar-refractivity contribution in [2.75, 3.05) is 5.32 Å². The van der Waals surface area contributed by atoms with Gasteiger partial charge in [0, 0.05) is 16.6 Å². The Bertz CT molecular complexity index is 634. The van der Waals surface area contributed by atoms with E-state index in [0.717, 1.165) is 0 Å². The molecule has 0 radical (unpaired) electrons. The molecule has 0 saturated carbocycles. The van der Waals surface area contributed by atoms with Crippen LogP contribution in [0.2, 0.25) is 0 Å². The van der Waals surface area contributed by atoms with E-state index in [9.17, 15) is 13.6 Å². The Hall–Kier alpha value is -1.95. The summed E-state index contributed by atoms with van der Waals surface area (Å²) in [5, 5.41) is 5.07. The number of amides is 2. The van der Waals surface area contributed by atoms with E-state index in [1.54, 1.807) is 18.2 Å². The molecule has 0 aliphatic rings. The van der Waals surface area contributed by atoms with Crippen molar-refractivity contribution in [3.8, 4) is 0 Å². The smallest absolute Gasteiger partial charge is 0.319 e. The average Bonchev–Trinajstić information content (AvgIpc) is 2.41. The molecule has 2 rings (SSSR count). The third kappa shape index (κ3) is 3.77. The number of urea groups is 1. The van der Waals surface area contributed by atoms with Gasteiger partial charge in [-0.25, -0.2) is 13.6 Å². The Labute approximate surface area is 123 Å². The zero-order valence-electron chi connectivity index (χ0n) is 10.3. The Balaban J connectivity index is 1.94. The van der Waals surface area contributed by atoms with Crippen LogP contribution in [0.3, 0.4) is 0 Å². The average molecular weight is 341 g/mol. The van der Waals surface area contributed by atoms with Gasteiger partial charge in [0.2, 0.25) is 0 Å². The van der Waals surface area contributed by atoms with E-state index in [0.29, 0.717) is 15.7 Å². The summed E-state index contributed by atoms with van der Waals surface area (Å²) in [7, 11) is 0. The molecule has 0 aromatic heterocycles. The van der Waals surface area contributed by atoms with Gasteiger partial charge in [-0.15, -0.1) is 0 Å². The molecule has 3 nitrogen and oxygen atoms in total. The molecule has 0 unspecified atom stereocenters. The number of benzene rings is 2. The molecule has 0 aliphatic carbocycles. The second-order valence-electron chi connectivity index (χ2n) is 4.02. The second-order valence-corrected chi connectivity index (χ2v) is 4.88. The summed E-state index contributed by atoms with van der Waals surface area (Å²) in [4.78, 5) is 11.7. The van der Waals surface area contributed by atoms with Crippen molar-refractivity contribution in [1.82, 2.24) is 5.32 Å². The van der Waals surface area contributed by atoms with Crippen LogP contribution in [0.1, 0.15) is 5.56 Å². The van der Waals surface area contributed by atoms with E-state index in [-0.39, 0.29) is 12.4 Å². The van der Waals surface area contributed by atoms with Gasteiger partial charge in [0.05, 0.1) is 5.69 Å². The van der Waals surface area contributed by atoms with Gasteiger partial charge in [-0.05, 0) is 40.2 Å². The zero-order valence-corrected chi connectivity index (χ0v) is 11.9. The van der Waals surface area contributed by atoms with Crippen LogP contribution < -0.4 is 10.6 Å². The number of hydrogen-bond donors (Lipinski definition) is 2. The first-order valence-corrected chi connectivity index (χ1v) is 6.59. The highest BCUT2D eigenvalue weighted by Crippen LogP contribution is 2.22. The summed E-state index contributed by atoms with van der Waals surface area (Å²) in [6.45, 7) is 0.0668. The first-order chi connectivity index (χ1) is 9.56. The van der Waals surface area contributed by atoms with Crippen LogP contribution in [-0.2, 0) is 6.54 Å². The highest BCUT2D eigenvalue weighted by molar-refractivity contribution is 9.10. The van der Waals surface area contributed by atoms with Crippen LogP contribution in [0.25, 0.3) is 0 Å². The zero-order chi connectivity index (χ0) is 14.5. The molecule has 0 saturated heterocycles. The van der Waals surface area contributed by atoms with Crippen LogP contribution in [-0.4, -0.2) is 6.03 Å². The van der Waals surface area contributed by atoms with E-state index >= 15 is 0 Å². The Morgan fingerprint density at radius 3 is 2.60 bits per heavy atom. The predicted molar refractivity (Wildman–Crippen MR) is 76.4 cm³/mol. The van der Waals surface area contributed by atoms with Gasteiger partial charge < -0.3 is 10.6 Å². The number of halogens is 3. The van der Waals surface area contributed by atoms with Gasteiger partial charge in [0.25, 0.3) is 0 Å². The molecule has 6 heteroatoms. The van der Waals surface area contributed by atoms with Crippen molar-refractivity contribution in [2.45, 2.75) is 6.54 Å². The van der Waals surface area contributed by atoms with Crippen LogP contribution in [0.5, 0.6) is 0 Å². The minimum Gasteiger partial charge on any atom is -0.334 e. The first kappa shape index (κ1) is 14.5. The molecule has 0 bridgehead atoms. The SMILES string of the molecule is O=C(NCc1ccccc1F)Nc1ccc(F)cc1Br. The van der Waals surface area contributed by atoms with Crippen molar-refractivity contribution in [1.29, 1.82) is 0 Å². The summed E-state index contributed by atoms with van der Waals surface area (Å²) >= 11 is 3.14. The summed E-state index contributed by atoms with van der Waals surface area (Å²) < 4.78 is 26.7. The van der Waals surface area contributed by atoms with Gasteiger partial charge in [-0.3, -0.25) is 0 Å². The van der Waals surface area contributed by atoms with Crippen LogP contribution in [0.15, 0.2) is 46.9 Å². The van der Waals surface area contributed by atoms with Crippen LogP contribution in [0, 0.1) is 11.6 Å². The predicted octanol–water partition coefficient (Wildman–Crippen LogP) is 4.05. The number of carbonyl (C=O) groups excluding carboxylic acids is 1. The standard InChI is InChI=1S/C14H11BrF2N2O/c15-11-7-10(16)5-6-13(11)19-14(20)18-8-9-3-1-2-4-12(9)17/h1-7H,8H2,(H2,18,19,20). The molecular formula is C14H11BrF2N2O. The lowest BCUT2D eigenvalue weighted by Crippen LogP contribution is -2.28. The van der Waals surface area contributed by atoms with Crippen molar-refractivity contribution in [3.63, 3.8) is 0 Å². The van der Waals surface area contributed by atoms with E-state index in [4.69, 9.17) is 0 Å². The fraction of sp³-hybridized carbons (Fsp3) is 0.0714. The Morgan fingerprint density at radius 1 is 1.15 bits per heavy atom. The molecule has 0 atom stereocenters. The molecule has 20 heavy (non-hydrogen) atoms. The molecule has 2 amide bonds. The fourth-order valence-electron chi connectivity index (χ4n) is 1.57. The fourth-order valence-corrected chi connectivity index (χ4v) is 2.02. The maximum absolute atomic E-state index is 13.4. The van der Waals surface area contributed by atoms with Crippen molar-refractivity contribution >= 4 is 27.6 Å². The number of carbonyl (C=O) groups is 1. The minimum atomic E-state index is -0.499. The number of hydrogen-bond acceptors (Lipinski definition) is 1. The minimum absolute atomic E-state index is 0.0668. The molecule has 2 aromatic carbocycles. The van der Waals surface area contributed by atoms with Gasteiger partial charge in [-0.2, -0.15) is 0 Å². The normalized spacial score (nSPS) is 10.2. The summed E-state index contributed by atoms with van der Waals surface area (Å²) in [5.41, 5.74) is 0.818. The van der Waals surface area contributed by atoms with E-state index in [2.05, 4.69) is 26.6 Å². The monoisotopic (exact) mass is 340 g/mol. The lowest BCUT2D eigenvalue weighted by molar-refractivity contribution is 0.251. The molecule has 0 aliphatic heterocycles. The Kier molecular flexibility index (Phi) is 4.68. The molecule has 104 valence electrons. The highest BCUT2D eigenvalue weighted by Gasteiger charge is 2.07.